The third-order valence-corrected chi connectivity index (χ3v) is 3.15. The van der Waals surface area contributed by atoms with Crippen LogP contribution in [0.4, 0.5) is 0 Å². The van der Waals surface area contributed by atoms with Gasteiger partial charge in [0.15, 0.2) is 0 Å². The molecule has 1 atom stereocenters. The highest BCUT2D eigenvalue weighted by atomic mass is 15.3. The molecule has 3 heteroatoms. The first-order valence-electron chi connectivity index (χ1n) is 5.90. The minimum Gasteiger partial charge on any atom is -0.330 e. The predicted octanol–water partition coefficient (Wildman–Crippen LogP) is 2.36. The lowest BCUT2D eigenvalue weighted by molar-refractivity contribution is 0.408. The Morgan fingerprint density at radius 3 is 2.40 bits per heavy atom. The van der Waals surface area contributed by atoms with Crippen molar-refractivity contribution in [3.8, 4) is 0 Å². The Morgan fingerprint density at radius 2 is 2.00 bits per heavy atom. The number of hydrogen-bond donors (Lipinski definition) is 1. The molecule has 0 aliphatic heterocycles. The zero-order valence-electron chi connectivity index (χ0n) is 10.4. The van der Waals surface area contributed by atoms with Crippen molar-refractivity contribution in [3.63, 3.8) is 0 Å². The molecule has 0 aliphatic rings. The molecule has 3 nitrogen and oxygen atoms in total. The number of rotatable bonds is 5. The molecule has 0 aliphatic carbocycles. The second-order valence-electron chi connectivity index (χ2n) is 4.09. The summed E-state index contributed by atoms with van der Waals surface area (Å²) in [6.07, 6.45) is 3.18. The molecule has 0 spiro atoms. The molecule has 15 heavy (non-hydrogen) atoms. The van der Waals surface area contributed by atoms with Crippen LogP contribution < -0.4 is 5.73 Å². The van der Waals surface area contributed by atoms with E-state index in [2.05, 4.69) is 37.5 Å². The first kappa shape index (κ1) is 12.2. The topological polar surface area (TPSA) is 43.8 Å². The Bertz CT molecular complexity index is 315. The Hall–Kier alpha value is -0.830. The summed E-state index contributed by atoms with van der Waals surface area (Å²) in [5.41, 5.74) is 9.51. The fourth-order valence-electron chi connectivity index (χ4n) is 2.26. The Morgan fingerprint density at radius 1 is 1.33 bits per heavy atom. The van der Waals surface area contributed by atoms with Crippen molar-refractivity contribution in [1.82, 2.24) is 9.78 Å². The minimum absolute atomic E-state index is 0.467. The van der Waals surface area contributed by atoms with Gasteiger partial charge in [0.2, 0.25) is 0 Å². The highest BCUT2D eigenvalue weighted by Gasteiger charge is 2.15. The van der Waals surface area contributed by atoms with Gasteiger partial charge >= 0.3 is 0 Å². The van der Waals surface area contributed by atoms with Crippen LogP contribution in [0.2, 0.25) is 0 Å². The third-order valence-electron chi connectivity index (χ3n) is 3.15. The number of nitrogens with zero attached hydrogens (tertiary/aromatic N) is 2. The van der Waals surface area contributed by atoms with E-state index >= 15 is 0 Å². The molecule has 1 heterocycles. The number of aryl methyl sites for hydroxylation is 1. The summed E-state index contributed by atoms with van der Waals surface area (Å²) >= 11 is 0. The normalized spacial score (nSPS) is 13.1. The number of nitrogens with two attached hydrogens (primary N) is 1. The van der Waals surface area contributed by atoms with Crippen LogP contribution in [0.5, 0.6) is 0 Å². The van der Waals surface area contributed by atoms with E-state index in [0.29, 0.717) is 6.04 Å². The van der Waals surface area contributed by atoms with E-state index in [1.165, 1.54) is 17.0 Å². The Labute approximate surface area is 92.7 Å². The molecule has 86 valence electrons. The maximum Gasteiger partial charge on any atom is 0.0628 e. The van der Waals surface area contributed by atoms with Crippen LogP contribution in [0.15, 0.2) is 0 Å². The molecule has 0 bridgehead atoms. The maximum absolute atomic E-state index is 5.63. The SMILES string of the molecule is CCc1c(C)nn(C(CC)CCN)c1C. The zero-order chi connectivity index (χ0) is 11.4. The lowest BCUT2D eigenvalue weighted by Crippen LogP contribution is -2.16. The smallest absolute Gasteiger partial charge is 0.0628 e. The lowest BCUT2D eigenvalue weighted by atomic mass is 10.1. The van der Waals surface area contributed by atoms with Crippen LogP contribution in [-0.2, 0) is 6.42 Å². The quantitative estimate of drug-likeness (QED) is 0.809. The summed E-state index contributed by atoms with van der Waals surface area (Å²) < 4.78 is 2.17. The van der Waals surface area contributed by atoms with Crippen molar-refractivity contribution in [2.45, 2.75) is 53.0 Å². The molecule has 0 saturated heterocycles. The van der Waals surface area contributed by atoms with E-state index in [9.17, 15) is 0 Å². The van der Waals surface area contributed by atoms with Gasteiger partial charge < -0.3 is 5.73 Å². The van der Waals surface area contributed by atoms with Crippen molar-refractivity contribution in [2.75, 3.05) is 6.54 Å². The highest BCUT2D eigenvalue weighted by Crippen LogP contribution is 2.21. The molecule has 0 saturated carbocycles. The number of aromatic nitrogens is 2. The van der Waals surface area contributed by atoms with Gasteiger partial charge in [0.25, 0.3) is 0 Å². The van der Waals surface area contributed by atoms with Crippen LogP contribution in [-0.4, -0.2) is 16.3 Å². The first-order chi connectivity index (χ1) is 7.15. The van der Waals surface area contributed by atoms with Crippen molar-refractivity contribution in [2.24, 2.45) is 5.73 Å². The molecular formula is C12H23N3. The van der Waals surface area contributed by atoms with Crippen LogP contribution in [0.3, 0.4) is 0 Å². The van der Waals surface area contributed by atoms with E-state index < -0.39 is 0 Å². The van der Waals surface area contributed by atoms with Crippen LogP contribution >= 0.6 is 0 Å². The summed E-state index contributed by atoms with van der Waals surface area (Å²) in [6.45, 7) is 9.38. The van der Waals surface area contributed by atoms with Crippen molar-refractivity contribution in [1.29, 1.82) is 0 Å². The van der Waals surface area contributed by atoms with Crippen LogP contribution in [0, 0.1) is 13.8 Å². The summed E-state index contributed by atoms with van der Waals surface area (Å²) in [6, 6.07) is 0.467. The second-order valence-corrected chi connectivity index (χ2v) is 4.09. The molecule has 2 N–H and O–H groups in total. The third kappa shape index (κ3) is 2.40. The van der Waals surface area contributed by atoms with Gasteiger partial charge in [0.05, 0.1) is 11.7 Å². The van der Waals surface area contributed by atoms with E-state index in [-0.39, 0.29) is 0 Å². The van der Waals surface area contributed by atoms with Crippen molar-refractivity contribution < 1.29 is 0 Å². The molecular weight excluding hydrogens is 186 g/mol. The minimum atomic E-state index is 0.467. The maximum atomic E-state index is 5.63. The molecule has 0 radical (unpaired) electrons. The van der Waals surface area contributed by atoms with Gasteiger partial charge in [-0.05, 0) is 45.2 Å². The molecule has 1 aromatic rings. The summed E-state index contributed by atoms with van der Waals surface area (Å²) in [5.74, 6) is 0. The van der Waals surface area contributed by atoms with Gasteiger partial charge in [-0.3, -0.25) is 4.68 Å². The number of hydrogen-bond acceptors (Lipinski definition) is 2. The fraction of sp³-hybridized carbons (Fsp3) is 0.750. The predicted molar refractivity (Wildman–Crippen MR) is 64.1 cm³/mol. The van der Waals surface area contributed by atoms with E-state index in [1.54, 1.807) is 0 Å². The molecule has 1 rings (SSSR count). The second kappa shape index (κ2) is 5.31. The van der Waals surface area contributed by atoms with E-state index in [1.807, 2.05) is 0 Å². The van der Waals surface area contributed by atoms with Gasteiger partial charge in [-0.1, -0.05) is 13.8 Å². The first-order valence-corrected chi connectivity index (χ1v) is 5.90. The molecule has 1 unspecified atom stereocenters. The van der Waals surface area contributed by atoms with Crippen molar-refractivity contribution in [3.05, 3.63) is 17.0 Å². The Balaban J connectivity index is 3.02. The largest absolute Gasteiger partial charge is 0.330 e. The van der Waals surface area contributed by atoms with Crippen LogP contribution in [0.1, 0.15) is 49.7 Å². The molecule has 0 aromatic carbocycles. The van der Waals surface area contributed by atoms with Gasteiger partial charge in [-0.15, -0.1) is 0 Å². The average molecular weight is 209 g/mol. The van der Waals surface area contributed by atoms with Gasteiger partial charge in [-0.25, -0.2) is 0 Å². The van der Waals surface area contributed by atoms with Crippen molar-refractivity contribution >= 4 is 0 Å². The van der Waals surface area contributed by atoms with E-state index in [0.717, 1.165) is 25.8 Å². The monoisotopic (exact) mass is 209 g/mol. The standard InChI is InChI=1S/C12H23N3/c1-5-11(7-8-13)15-10(4)12(6-2)9(3)14-15/h11H,5-8,13H2,1-4H3. The van der Waals surface area contributed by atoms with Crippen LogP contribution in [0.25, 0.3) is 0 Å². The van der Waals surface area contributed by atoms with Gasteiger partial charge in [0, 0.05) is 5.69 Å². The van der Waals surface area contributed by atoms with Gasteiger partial charge in [0.1, 0.15) is 0 Å². The summed E-state index contributed by atoms with van der Waals surface area (Å²) in [7, 11) is 0. The fourth-order valence-corrected chi connectivity index (χ4v) is 2.26. The molecule has 0 fully saturated rings. The molecule has 0 amide bonds. The molecule has 1 aromatic heterocycles. The zero-order valence-corrected chi connectivity index (χ0v) is 10.4. The highest BCUT2D eigenvalue weighted by molar-refractivity contribution is 5.24. The Kier molecular flexibility index (Phi) is 4.33. The summed E-state index contributed by atoms with van der Waals surface area (Å²) in [5, 5.41) is 4.63. The average Bonchev–Trinajstić information content (AvgIpc) is 2.50. The lowest BCUT2D eigenvalue weighted by Gasteiger charge is -2.16. The van der Waals surface area contributed by atoms with E-state index in [4.69, 9.17) is 5.73 Å². The van der Waals surface area contributed by atoms with Gasteiger partial charge in [-0.2, -0.15) is 5.10 Å². The summed E-state index contributed by atoms with van der Waals surface area (Å²) in [4.78, 5) is 0.